The Kier molecular flexibility index (Phi) is 5.33. The quantitative estimate of drug-likeness (QED) is 0.839. The Bertz CT molecular complexity index is 739. The van der Waals surface area contributed by atoms with Crippen LogP contribution in [0.4, 0.5) is 0 Å². The van der Waals surface area contributed by atoms with Crippen molar-refractivity contribution in [2.75, 3.05) is 6.54 Å². The maximum atomic E-state index is 6.45. The van der Waals surface area contributed by atoms with E-state index in [9.17, 15) is 0 Å². The zero-order valence-corrected chi connectivity index (χ0v) is 16.9. The topological polar surface area (TPSA) is 60.0 Å². The van der Waals surface area contributed by atoms with Gasteiger partial charge in [-0.1, -0.05) is 44.2 Å². The molecule has 2 fully saturated rings. The van der Waals surface area contributed by atoms with Crippen molar-refractivity contribution in [3.63, 3.8) is 0 Å². The van der Waals surface area contributed by atoms with Crippen LogP contribution in [0.25, 0.3) is 0 Å². The number of hydrogen-bond acceptors (Lipinski definition) is 4. The summed E-state index contributed by atoms with van der Waals surface area (Å²) in [5.74, 6) is 2.64. The van der Waals surface area contributed by atoms with Crippen molar-refractivity contribution in [2.45, 2.75) is 83.0 Å². The number of nitrogens with two attached hydrogens (primary N) is 1. The van der Waals surface area contributed by atoms with Gasteiger partial charge in [-0.15, -0.1) is 10.2 Å². The van der Waals surface area contributed by atoms with Crippen LogP contribution >= 0.6 is 0 Å². The molecule has 0 aliphatic carbocycles. The van der Waals surface area contributed by atoms with Gasteiger partial charge in [-0.25, -0.2) is 0 Å². The Morgan fingerprint density at radius 1 is 1.04 bits per heavy atom. The monoisotopic (exact) mass is 367 g/mol. The van der Waals surface area contributed by atoms with E-state index in [4.69, 9.17) is 5.73 Å². The highest BCUT2D eigenvalue weighted by Gasteiger charge is 2.42. The van der Waals surface area contributed by atoms with Crippen LogP contribution in [0.3, 0.4) is 0 Å². The fourth-order valence-corrected chi connectivity index (χ4v) is 5.21. The number of hydrogen-bond donors (Lipinski definition) is 1. The maximum Gasteiger partial charge on any atom is 0.135 e. The smallest absolute Gasteiger partial charge is 0.135 e. The maximum absolute atomic E-state index is 6.45. The van der Waals surface area contributed by atoms with Gasteiger partial charge < -0.3 is 10.3 Å². The molecule has 27 heavy (non-hydrogen) atoms. The van der Waals surface area contributed by atoms with Gasteiger partial charge in [0.05, 0.1) is 0 Å². The Labute approximate surface area is 163 Å². The van der Waals surface area contributed by atoms with Crippen LogP contribution in [0.15, 0.2) is 30.3 Å². The van der Waals surface area contributed by atoms with Crippen molar-refractivity contribution in [3.05, 3.63) is 47.5 Å². The van der Waals surface area contributed by atoms with Crippen LogP contribution in [0.5, 0.6) is 0 Å². The van der Waals surface area contributed by atoms with Crippen LogP contribution in [-0.4, -0.2) is 38.3 Å². The van der Waals surface area contributed by atoms with E-state index in [-0.39, 0.29) is 6.04 Å². The Hall–Kier alpha value is -1.72. The van der Waals surface area contributed by atoms with Crippen LogP contribution in [0.2, 0.25) is 0 Å². The van der Waals surface area contributed by atoms with E-state index in [1.807, 2.05) is 0 Å². The third kappa shape index (κ3) is 3.67. The first kappa shape index (κ1) is 18.6. The van der Waals surface area contributed by atoms with Crippen molar-refractivity contribution >= 4 is 0 Å². The molecule has 0 radical (unpaired) electrons. The molecule has 0 spiro atoms. The number of rotatable bonds is 6. The van der Waals surface area contributed by atoms with Gasteiger partial charge in [-0.05, 0) is 44.6 Å². The predicted molar refractivity (Wildman–Crippen MR) is 109 cm³/mol. The number of fused-ring (bicyclic) bond motifs is 2. The Morgan fingerprint density at radius 3 is 2.33 bits per heavy atom. The summed E-state index contributed by atoms with van der Waals surface area (Å²) in [7, 11) is 0. The van der Waals surface area contributed by atoms with Gasteiger partial charge >= 0.3 is 0 Å². The average Bonchev–Trinajstić information content (AvgIpc) is 3.16. The Morgan fingerprint density at radius 2 is 1.70 bits per heavy atom. The van der Waals surface area contributed by atoms with Crippen molar-refractivity contribution in [3.8, 4) is 0 Å². The summed E-state index contributed by atoms with van der Waals surface area (Å²) >= 11 is 0. The van der Waals surface area contributed by atoms with E-state index < -0.39 is 0 Å². The second kappa shape index (κ2) is 7.72. The van der Waals surface area contributed by atoms with Crippen LogP contribution in [0, 0.1) is 6.92 Å². The molecule has 2 unspecified atom stereocenters. The molecule has 2 aliphatic rings. The molecule has 2 saturated heterocycles. The number of piperidine rings is 1. The third-order valence-corrected chi connectivity index (χ3v) is 6.56. The summed E-state index contributed by atoms with van der Waals surface area (Å²) in [6.45, 7) is 7.64. The molecule has 2 aromatic rings. The molecule has 5 nitrogen and oxygen atoms in total. The highest BCUT2D eigenvalue weighted by atomic mass is 15.3. The normalized spacial score (nSPS) is 26.6. The lowest BCUT2D eigenvalue weighted by Crippen LogP contribution is -2.44. The molecule has 0 amide bonds. The molecular weight excluding hydrogens is 334 g/mol. The van der Waals surface area contributed by atoms with E-state index in [2.05, 4.69) is 70.8 Å². The zero-order chi connectivity index (χ0) is 19.0. The second-order valence-electron chi connectivity index (χ2n) is 8.68. The standard InChI is InChI=1S/C22H33N5/c1-15(2)22-25-24-16(3)27(22)20-13-18-9-10-19(14-20)26(18)12-11-21(23)17-7-5-4-6-8-17/h4-8,15,18-21H,9-14,23H2,1-3H3/t18?,19?,20?,21-/m1/s1. The molecule has 1 aromatic carbocycles. The fourth-order valence-electron chi connectivity index (χ4n) is 5.21. The fraction of sp³-hybridized carbons (Fsp3) is 0.636. The van der Waals surface area contributed by atoms with Crippen molar-refractivity contribution in [1.82, 2.24) is 19.7 Å². The highest BCUT2D eigenvalue weighted by Crippen LogP contribution is 2.42. The number of benzene rings is 1. The predicted octanol–water partition coefficient (Wildman–Crippen LogP) is 3.97. The molecule has 0 saturated carbocycles. The molecule has 5 heteroatoms. The largest absolute Gasteiger partial charge is 0.324 e. The van der Waals surface area contributed by atoms with E-state index in [0.29, 0.717) is 24.0 Å². The van der Waals surface area contributed by atoms with E-state index in [1.165, 1.54) is 31.2 Å². The SMILES string of the molecule is Cc1nnc(C(C)C)n1C1CC2CCC(C1)N2CC[C@@H](N)c1ccccc1. The van der Waals surface area contributed by atoms with Gasteiger partial charge in [0, 0.05) is 36.6 Å². The minimum absolute atomic E-state index is 0.135. The highest BCUT2D eigenvalue weighted by molar-refractivity contribution is 5.18. The van der Waals surface area contributed by atoms with Crippen LogP contribution in [0.1, 0.15) is 81.2 Å². The average molecular weight is 368 g/mol. The molecule has 4 rings (SSSR count). The van der Waals surface area contributed by atoms with Crippen molar-refractivity contribution in [1.29, 1.82) is 0 Å². The number of aromatic nitrogens is 3. The molecule has 2 aliphatic heterocycles. The van der Waals surface area contributed by atoms with Crippen molar-refractivity contribution < 1.29 is 0 Å². The summed E-state index contributed by atoms with van der Waals surface area (Å²) in [4.78, 5) is 2.74. The molecule has 146 valence electrons. The van der Waals surface area contributed by atoms with E-state index in [0.717, 1.165) is 24.6 Å². The minimum Gasteiger partial charge on any atom is -0.324 e. The van der Waals surface area contributed by atoms with Gasteiger partial charge in [-0.2, -0.15) is 0 Å². The summed E-state index contributed by atoms with van der Waals surface area (Å²) in [5.41, 5.74) is 7.70. The zero-order valence-electron chi connectivity index (χ0n) is 16.9. The van der Waals surface area contributed by atoms with E-state index >= 15 is 0 Å². The van der Waals surface area contributed by atoms with E-state index in [1.54, 1.807) is 0 Å². The lowest BCUT2D eigenvalue weighted by Gasteiger charge is -2.40. The first-order chi connectivity index (χ1) is 13.0. The van der Waals surface area contributed by atoms with Gasteiger partial charge in [0.1, 0.15) is 11.6 Å². The lowest BCUT2D eigenvalue weighted by molar-refractivity contribution is 0.101. The van der Waals surface area contributed by atoms with Gasteiger partial charge in [0.15, 0.2) is 0 Å². The first-order valence-electron chi connectivity index (χ1n) is 10.5. The number of aryl methyl sites for hydroxylation is 1. The molecule has 2 N–H and O–H groups in total. The summed E-state index contributed by atoms with van der Waals surface area (Å²) < 4.78 is 2.43. The minimum atomic E-state index is 0.135. The van der Waals surface area contributed by atoms with Gasteiger partial charge in [0.25, 0.3) is 0 Å². The Balaban J connectivity index is 1.42. The second-order valence-corrected chi connectivity index (χ2v) is 8.68. The lowest BCUT2D eigenvalue weighted by atomic mass is 9.95. The van der Waals surface area contributed by atoms with Gasteiger partial charge in [-0.3, -0.25) is 4.90 Å². The van der Waals surface area contributed by atoms with Crippen LogP contribution < -0.4 is 5.73 Å². The summed E-state index contributed by atoms with van der Waals surface area (Å²) in [6.07, 6.45) is 6.11. The molecule has 3 atom stereocenters. The van der Waals surface area contributed by atoms with Crippen LogP contribution in [-0.2, 0) is 0 Å². The molecular formula is C22H33N5. The molecule has 3 heterocycles. The first-order valence-corrected chi connectivity index (χ1v) is 10.5. The number of nitrogens with zero attached hydrogens (tertiary/aromatic N) is 4. The van der Waals surface area contributed by atoms with Crippen molar-refractivity contribution in [2.24, 2.45) is 5.73 Å². The molecule has 2 bridgehead atoms. The summed E-state index contributed by atoms with van der Waals surface area (Å²) in [5, 5.41) is 8.83. The molecule has 1 aromatic heterocycles. The third-order valence-electron chi connectivity index (χ3n) is 6.56. The van der Waals surface area contributed by atoms with Gasteiger partial charge in [0.2, 0.25) is 0 Å². The summed E-state index contributed by atoms with van der Waals surface area (Å²) in [6, 6.07) is 12.6.